The first kappa shape index (κ1) is 13.2. The van der Waals surface area contributed by atoms with Gasteiger partial charge in [0, 0.05) is 21.8 Å². The molecule has 2 rings (SSSR count). The van der Waals surface area contributed by atoms with Crippen LogP contribution in [-0.2, 0) is 0 Å². The lowest BCUT2D eigenvalue weighted by molar-refractivity contribution is 0.626. The van der Waals surface area contributed by atoms with Crippen molar-refractivity contribution >= 4 is 28.9 Å². The average molecular weight is 284 g/mol. The van der Waals surface area contributed by atoms with Crippen LogP contribution in [0, 0.1) is 5.82 Å². The molecule has 0 amide bonds. The number of nitrogens with one attached hydrogen (secondary N) is 1. The highest BCUT2D eigenvalue weighted by Crippen LogP contribution is 2.26. The van der Waals surface area contributed by atoms with Crippen LogP contribution >= 0.6 is 23.2 Å². The Hall–Kier alpha value is -1.25. The lowest BCUT2D eigenvalue weighted by atomic mass is 10.1. The van der Waals surface area contributed by atoms with Crippen molar-refractivity contribution in [2.24, 2.45) is 0 Å². The van der Waals surface area contributed by atoms with E-state index in [2.05, 4.69) is 5.32 Å². The third-order valence-corrected chi connectivity index (χ3v) is 3.05. The molecule has 0 aliphatic heterocycles. The van der Waals surface area contributed by atoms with E-state index in [4.69, 9.17) is 23.2 Å². The minimum absolute atomic E-state index is 0.0418. The van der Waals surface area contributed by atoms with Gasteiger partial charge in [-0.25, -0.2) is 4.39 Å². The molecular formula is C14H12Cl2FN. The topological polar surface area (TPSA) is 12.0 Å². The van der Waals surface area contributed by atoms with Gasteiger partial charge in [0.25, 0.3) is 0 Å². The van der Waals surface area contributed by atoms with Gasteiger partial charge in [0.05, 0.1) is 0 Å². The largest absolute Gasteiger partial charge is 0.378 e. The summed E-state index contributed by atoms with van der Waals surface area (Å²) in [7, 11) is 0. The zero-order chi connectivity index (χ0) is 13.1. The number of rotatable bonds is 3. The molecule has 1 atom stereocenters. The van der Waals surface area contributed by atoms with Crippen molar-refractivity contribution in [3.63, 3.8) is 0 Å². The van der Waals surface area contributed by atoms with Crippen molar-refractivity contribution in [1.29, 1.82) is 0 Å². The van der Waals surface area contributed by atoms with E-state index in [1.165, 1.54) is 12.1 Å². The van der Waals surface area contributed by atoms with Crippen molar-refractivity contribution in [3.05, 3.63) is 63.9 Å². The van der Waals surface area contributed by atoms with Crippen LogP contribution in [0.15, 0.2) is 42.5 Å². The van der Waals surface area contributed by atoms with Gasteiger partial charge >= 0.3 is 0 Å². The summed E-state index contributed by atoms with van der Waals surface area (Å²) in [5.41, 5.74) is 1.83. The summed E-state index contributed by atoms with van der Waals surface area (Å²) in [6, 6.07) is 11.7. The molecule has 2 aromatic rings. The monoisotopic (exact) mass is 283 g/mol. The highest BCUT2D eigenvalue weighted by molar-refractivity contribution is 6.35. The number of benzene rings is 2. The first-order chi connectivity index (χ1) is 8.54. The quantitative estimate of drug-likeness (QED) is 0.805. The molecule has 0 aliphatic carbocycles. The fourth-order valence-electron chi connectivity index (χ4n) is 1.72. The second-order valence-electron chi connectivity index (χ2n) is 4.08. The van der Waals surface area contributed by atoms with E-state index < -0.39 is 0 Å². The molecule has 0 heterocycles. The Morgan fingerprint density at radius 2 is 1.56 bits per heavy atom. The minimum atomic E-state index is -0.239. The maximum atomic E-state index is 12.8. The SMILES string of the molecule is CC(Nc1cc(Cl)cc(Cl)c1)c1ccc(F)cc1. The van der Waals surface area contributed by atoms with Gasteiger partial charge in [0.1, 0.15) is 5.82 Å². The van der Waals surface area contributed by atoms with E-state index in [0.717, 1.165) is 11.3 Å². The van der Waals surface area contributed by atoms with Gasteiger partial charge in [-0.15, -0.1) is 0 Å². The number of anilines is 1. The van der Waals surface area contributed by atoms with Crippen LogP contribution in [0.1, 0.15) is 18.5 Å². The van der Waals surface area contributed by atoms with Gasteiger partial charge in [-0.1, -0.05) is 35.3 Å². The standard InChI is InChI=1S/C14H12Cl2FN/c1-9(10-2-4-13(17)5-3-10)18-14-7-11(15)6-12(16)8-14/h2-9,18H,1H3. The number of hydrogen-bond acceptors (Lipinski definition) is 1. The van der Waals surface area contributed by atoms with Crippen molar-refractivity contribution in [1.82, 2.24) is 0 Å². The van der Waals surface area contributed by atoms with E-state index in [9.17, 15) is 4.39 Å². The molecule has 1 nitrogen and oxygen atoms in total. The van der Waals surface area contributed by atoms with Gasteiger partial charge in [-0.05, 0) is 42.8 Å². The van der Waals surface area contributed by atoms with Crippen LogP contribution in [0.25, 0.3) is 0 Å². The molecular weight excluding hydrogens is 272 g/mol. The van der Waals surface area contributed by atoms with Crippen molar-refractivity contribution in [2.45, 2.75) is 13.0 Å². The number of hydrogen-bond donors (Lipinski definition) is 1. The molecule has 1 N–H and O–H groups in total. The summed E-state index contributed by atoms with van der Waals surface area (Å²) < 4.78 is 12.8. The summed E-state index contributed by atoms with van der Waals surface area (Å²) in [5.74, 6) is -0.239. The molecule has 0 bridgehead atoms. The molecule has 0 saturated carbocycles. The fraction of sp³-hybridized carbons (Fsp3) is 0.143. The minimum Gasteiger partial charge on any atom is -0.378 e. The van der Waals surface area contributed by atoms with Crippen LogP contribution in [-0.4, -0.2) is 0 Å². The zero-order valence-corrected chi connectivity index (χ0v) is 11.3. The van der Waals surface area contributed by atoms with Gasteiger partial charge in [-0.2, -0.15) is 0 Å². The van der Waals surface area contributed by atoms with Crippen molar-refractivity contribution in [3.8, 4) is 0 Å². The summed E-state index contributed by atoms with van der Waals surface area (Å²) in [6.07, 6.45) is 0. The molecule has 4 heteroatoms. The predicted octanol–water partition coefficient (Wildman–Crippen LogP) is 5.31. The molecule has 0 spiro atoms. The van der Waals surface area contributed by atoms with Crippen molar-refractivity contribution in [2.75, 3.05) is 5.32 Å². The Morgan fingerprint density at radius 1 is 1.00 bits per heavy atom. The Kier molecular flexibility index (Phi) is 4.10. The fourth-order valence-corrected chi connectivity index (χ4v) is 2.25. The van der Waals surface area contributed by atoms with Crippen LogP contribution in [0.2, 0.25) is 10.0 Å². The molecule has 1 unspecified atom stereocenters. The van der Waals surface area contributed by atoms with Gasteiger partial charge in [0.15, 0.2) is 0 Å². The Labute approximate surface area is 116 Å². The highest BCUT2D eigenvalue weighted by atomic mass is 35.5. The third-order valence-electron chi connectivity index (χ3n) is 2.62. The summed E-state index contributed by atoms with van der Waals surface area (Å²) in [5, 5.41) is 4.43. The summed E-state index contributed by atoms with van der Waals surface area (Å²) >= 11 is 11.9. The van der Waals surface area contributed by atoms with E-state index in [1.54, 1.807) is 30.3 Å². The molecule has 0 aromatic heterocycles. The summed E-state index contributed by atoms with van der Waals surface area (Å²) in [6.45, 7) is 1.99. The molecule has 2 aromatic carbocycles. The first-order valence-corrected chi connectivity index (χ1v) is 6.28. The lowest BCUT2D eigenvalue weighted by Gasteiger charge is -2.16. The Bertz CT molecular complexity index is 520. The first-order valence-electron chi connectivity index (χ1n) is 5.53. The van der Waals surface area contributed by atoms with Crippen molar-refractivity contribution < 1.29 is 4.39 Å². The Morgan fingerprint density at radius 3 is 2.11 bits per heavy atom. The van der Waals surface area contributed by atoms with E-state index in [0.29, 0.717) is 10.0 Å². The van der Waals surface area contributed by atoms with Gasteiger partial charge in [-0.3, -0.25) is 0 Å². The van der Waals surface area contributed by atoms with E-state index >= 15 is 0 Å². The zero-order valence-electron chi connectivity index (χ0n) is 9.75. The molecule has 0 fully saturated rings. The average Bonchev–Trinajstić information content (AvgIpc) is 2.28. The molecule has 0 saturated heterocycles. The summed E-state index contributed by atoms with van der Waals surface area (Å²) in [4.78, 5) is 0. The van der Waals surface area contributed by atoms with Gasteiger partial charge in [0.2, 0.25) is 0 Å². The van der Waals surface area contributed by atoms with Gasteiger partial charge < -0.3 is 5.32 Å². The second-order valence-corrected chi connectivity index (χ2v) is 4.95. The molecule has 94 valence electrons. The maximum absolute atomic E-state index is 12.8. The molecule has 0 radical (unpaired) electrons. The van der Waals surface area contributed by atoms with E-state index in [1.807, 2.05) is 6.92 Å². The number of halogens is 3. The highest BCUT2D eigenvalue weighted by Gasteiger charge is 2.06. The predicted molar refractivity (Wildman–Crippen MR) is 74.9 cm³/mol. The van der Waals surface area contributed by atoms with Crippen LogP contribution in [0.3, 0.4) is 0 Å². The Balaban J connectivity index is 2.15. The molecule has 0 aliphatic rings. The lowest BCUT2D eigenvalue weighted by Crippen LogP contribution is -2.06. The van der Waals surface area contributed by atoms with E-state index in [-0.39, 0.29) is 11.9 Å². The smallest absolute Gasteiger partial charge is 0.123 e. The molecule has 18 heavy (non-hydrogen) atoms. The van der Waals surface area contributed by atoms with Crippen LogP contribution < -0.4 is 5.32 Å². The second kappa shape index (κ2) is 5.59. The van der Waals surface area contributed by atoms with Crippen LogP contribution in [0.5, 0.6) is 0 Å². The normalized spacial score (nSPS) is 12.2. The maximum Gasteiger partial charge on any atom is 0.123 e. The third kappa shape index (κ3) is 3.37. The van der Waals surface area contributed by atoms with Crippen LogP contribution in [0.4, 0.5) is 10.1 Å².